The minimum Gasteiger partial charge on any atom is -0.382 e. The van der Waals surface area contributed by atoms with Gasteiger partial charge < -0.3 is 14.8 Å². The number of carbonyl (C=O) groups is 1. The minimum absolute atomic E-state index is 0.0287. The van der Waals surface area contributed by atoms with Crippen LogP contribution in [-0.4, -0.2) is 57.6 Å². The van der Waals surface area contributed by atoms with Crippen molar-refractivity contribution in [2.75, 3.05) is 38.7 Å². The molecule has 1 N–H and O–H groups in total. The molecule has 2 aromatic rings. The molecule has 1 aliphatic rings. The second kappa shape index (κ2) is 11.5. The van der Waals surface area contributed by atoms with Gasteiger partial charge >= 0.3 is 0 Å². The molecule has 0 saturated carbocycles. The van der Waals surface area contributed by atoms with E-state index >= 15 is 0 Å². The Balaban J connectivity index is 1.76. The predicted octanol–water partition coefficient (Wildman–Crippen LogP) is 5.09. The van der Waals surface area contributed by atoms with Crippen molar-refractivity contribution in [1.29, 1.82) is 0 Å². The summed E-state index contributed by atoms with van der Waals surface area (Å²) in [5, 5.41) is 2.66. The van der Waals surface area contributed by atoms with Crippen LogP contribution in [0.25, 0.3) is 0 Å². The number of nitrogens with zero attached hydrogens (tertiary/aromatic N) is 1. The summed E-state index contributed by atoms with van der Waals surface area (Å²) >= 11 is 9.31. The third kappa shape index (κ3) is 6.16. The first kappa shape index (κ1) is 27.0. The van der Waals surface area contributed by atoms with Gasteiger partial charge in [-0.15, -0.1) is 0 Å². The van der Waals surface area contributed by atoms with Crippen LogP contribution in [0.1, 0.15) is 36.5 Å². The molecule has 2 aromatic carbocycles. The van der Waals surface area contributed by atoms with Crippen molar-refractivity contribution < 1.29 is 27.1 Å². The lowest BCUT2D eigenvalue weighted by Gasteiger charge is -2.40. The number of amides is 1. The van der Waals surface area contributed by atoms with Crippen molar-refractivity contribution in [2.45, 2.75) is 36.7 Å². The molecule has 3 rings (SSSR count). The molecule has 1 fully saturated rings. The normalized spacial score (nSPS) is 16.4. The maximum atomic E-state index is 13.5. The van der Waals surface area contributed by atoms with E-state index < -0.39 is 27.3 Å². The fourth-order valence-electron chi connectivity index (χ4n) is 3.85. The molecule has 7 nitrogen and oxygen atoms in total. The number of hydrogen-bond donors (Lipinski definition) is 1. The number of hydrogen-bond acceptors (Lipinski definition) is 5. The van der Waals surface area contributed by atoms with E-state index in [2.05, 4.69) is 21.2 Å². The molecular weight excluding hydrogens is 551 g/mol. The molecule has 0 aromatic heterocycles. The van der Waals surface area contributed by atoms with Crippen molar-refractivity contribution in [2.24, 2.45) is 0 Å². The SMILES string of the molecule is CCOCCC1(OC)CCN(S(=O)(=O)c2cc(C(=O)Nc3ccc(F)c(Br)c3)ccc2Cl)CC1. The zero-order valence-electron chi connectivity index (χ0n) is 18.9. The van der Waals surface area contributed by atoms with Crippen LogP contribution in [-0.2, 0) is 19.5 Å². The molecule has 0 unspecified atom stereocenters. The third-order valence-corrected chi connectivity index (χ3v) is 8.95. The molecule has 11 heteroatoms. The highest BCUT2D eigenvalue weighted by Crippen LogP contribution is 2.34. The highest BCUT2D eigenvalue weighted by molar-refractivity contribution is 9.10. The summed E-state index contributed by atoms with van der Waals surface area (Å²) in [5.74, 6) is -1.01. The number of ether oxygens (including phenoxy) is 2. The van der Waals surface area contributed by atoms with Gasteiger partial charge in [-0.2, -0.15) is 4.31 Å². The Hall–Kier alpha value is -1.56. The lowest BCUT2D eigenvalue weighted by atomic mass is 9.89. The number of sulfonamides is 1. The highest BCUT2D eigenvalue weighted by atomic mass is 79.9. The van der Waals surface area contributed by atoms with E-state index in [1.807, 2.05) is 6.92 Å². The van der Waals surface area contributed by atoms with Crippen LogP contribution in [0.3, 0.4) is 0 Å². The standard InChI is InChI=1S/C23H27BrClFN2O5S/c1-3-33-13-10-23(32-2)8-11-28(12-9-23)34(30,31)21-14-16(4-6-19(21)25)22(29)27-17-5-7-20(26)18(24)15-17/h4-7,14-15H,3,8-13H2,1-2H3,(H,27,29). The number of rotatable bonds is 9. The van der Waals surface area contributed by atoms with Crippen molar-refractivity contribution in [3.8, 4) is 0 Å². The number of nitrogens with one attached hydrogen (secondary N) is 1. The van der Waals surface area contributed by atoms with Gasteiger partial charge in [0, 0.05) is 44.7 Å². The first-order valence-electron chi connectivity index (χ1n) is 10.8. The molecule has 0 bridgehead atoms. The van der Waals surface area contributed by atoms with Gasteiger partial charge in [0.1, 0.15) is 10.7 Å². The van der Waals surface area contributed by atoms with Crippen LogP contribution in [0, 0.1) is 5.82 Å². The van der Waals surface area contributed by atoms with Gasteiger partial charge in [-0.1, -0.05) is 11.6 Å². The Morgan fingerprint density at radius 1 is 1.24 bits per heavy atom. The average molecular weight is 578 g/mol. The van der Waals surface area contributed by atoms with Gasteiger partial charge in [0.25, 0.3) is 5.91 Å². The maximum absolute atomic E-state index is 13.5. The molecule has 0 spiro atoms. The van der Waals surface area contributed by atoms with E-state index in [1.54, 1.807) is 7.11 Å². The van der Waals surface area contributed by atoms with Crippen molar-refractivity contribution in [3.63, 3.8) is 0 Å². The zero-order chi connectivity index (χ0) is 24.9. The Kier molecular flexibility index (Phi) is 9.10. The lowest BCUT2D eigenvalue weighted by molar-refractivity contribution is -0.0658. The first-order chi connectivity index (χ1) is 16.1. The summed E-state index contributed by atoms with van der Waals surface area (Å²) in [6.45, 7) is 3.61. The highest BCUT2D eigenvalue weighted by Gasteiger charge is 2.39. The largest absolute Gasteiger partial charge is 0.382 e. The number of piperidine rings is 1. The predicted molar refractivity (Wildman–Crippen MR) is 132 cm³/mol. The van der Waals surface area contributed by atoms with Crippen LogP contribution in [0.15, 0.2) is 45.8 Å². The van der Waals surface area contributed by atoms with E-state index in [4.69, 9.17) is 21.1 Å². The molecule has 0 atom stereocenters. The Bertz CT molecular complexity index is 1140. The number of anilines is 1. The zero-order valence-corrected chi connectivity index (χ0v) is 22.1. The van der Waals surface area contributed by atoms with E-state index in [0.29, 0.717) is 38.2 Å². The number of methoxy groups -OCH3 is 1. The molecule has 1 amide bonds. The summed E-state index contributed by atoms with van der Waals surface area (Å²) in [6.07, 6.45) is 1.72. The monoisotopic (exact) mass is 576 g/mol. The number of carbonyl (C=O) groups excluding carboxylic acids is 1. The minimum atomic E-state index is -3.94. The lowest BCUT2D eigenvalue weighted by Crippen LogP contribution is -2.48. The van der Waals surface area contributed by atoms with Gasteiger partial charge in [-0.25, -0.2) is 12.8 Å². The smallest absolute Gasteiger partial charge is 0.255 e. The topological polar surface area (TPSA) is 84.9 Å². The summed E-state index contributed by atoms with van der Waals surface area (Å²) < 4.78 is 53.0. The fourth-order valence-corrected chi connectivity index (χ4v) is 6.17. The Morgan fingerprint density at radius 3 is 2.56 bits per heavy atom. The summed E-state index contributed by atoms with van der Waals surface area (Å²) in [6, 6.07) is 8.13. The van der Waals surface area contributed by atoms with E-state index in [0.717, 1.165) is 0 Å². The summed E-state index contributed by atoms with van der Waals surface area (Å²) in [5.41, 5.74) is 0.0379. The number of halogens is 3. The van der Waals surface area contributed by atoms with E-state index in [-0.39, 0.29) is 33.0 Å². The van der Waals surface area contributed by atoms with Gasteiger partial charge in [0.2, 0.25) is 10.0 Å². The molecule has 0 radical (unpaired) electrons. The van der Waals surface area contributed by atoms with Crippen LogP contribution in [0.5, 0.6) is 0 Å². The molecule has 1 heterocycles. The Morgan fingerprint density at radius 2 is 1.94 bits per heavy atom. The molecule has 34 heavy (non-hydrogen) atoms. The maximum Gasteiger partial charge on any atom is 0.255 e. The van der Waals surface area contributed by atoms with Gasteiger partial charge in [0.05, 0.1) is 15.1 Å². The first-order valence-corrected chi connectivity index (χ1v) is 13.4. The van der Waals surface area contributed by atoms with Crippen molar-refractivity contribution in [1.82, 2.24) is 4.31 Å². The summed E-state index contributed by atoms with van der Waals surface area (Å²) in [7, 11) is -2.31. The molecule has 0 aliphatic carbocycles. The number of benzene rings is 2. The van der Waals surface area contributed by atoms with Crippen LogP contribution in [0.4, 0.5) is 10.1 Å². The van der Waals surface area contributed by atoms with Crippen LogP contribution in [0.2, 0.25) is 5.02 Å². The molecule has 1 saturated heterocycles. The molecule has 1 aliphatic heterocycles. The third-order valence-electron chi connectivity index (χ3n) is 5.96. The van der Waals surface area contributed by atoms with Gasteiger partial charge in [-0.3, -0.25) is 4.79 Å². The van der Waals surface area contributed by atoms with Gasteiger partial charge in [0.15, 0.2) is 0 Å². The van der Waals surface area contributed by atoms with E-state index in [1.165, 1.54) is 40.7 Å². The van der Waals surface area contributed by atoms with Crippen molar-refractivity contribution >= 4 is 49.1 Å². The fraction of sp³-hybridized carbons (Fsp3) is 0.435. The van der Waals surface area contributed by atoms with Crippen LogP contribution < -0.4 is 5.32 Å². The Labute approximate surface area is 212 Å². The quantitative estimate of drug-likeness (QED) is 0.420. The second-order valence-corrected chi connectivity index (χ2v) is 11.1. The molecular formula is C23H27BrClFN2O5S. The second-order valence-electron chi connectivity index (χ2n) is 7.97. The average Bonchev–Trinajstić information content (AvgIpc) is 2.82. The van der Waals surface area contributed by atoms with E-state index in [9.17, 15) is 17.6 Å². The van der Waals surface area contributed by atoms with Crippen LogP contribution >= 0.6 is 27.5 Å². The van der Waals surface area contributed by atoms with Gasteiger partial charge in [-0.05, 0) is 78.5 Å². The van der Waals surface area contributed by atoms with Crippen molar-refractivity contribution in [3.05, 3.63) is 57.3 Å². The molecule has 186 valence electrons. The summed E-state index contributed by atoms with van der Waals surface area (Å²) in [4.78, 5) is 12.6.